The summed E-state index contributed by atoms with van der Waals surface area (Å²) >= 11 is 0. The van der Waals surface area contributed by atoms with Gasteiger partial charge in [-0.15, -0.1) is 0 Å². The van der Waals surface area contributed by atoms with Gasteiger partial charge in [0.1, 0.15) is 0 Å². The highest BCUT2D eigenvalue weighted by atomic mass is 16.5. The van der Waals surface area contributed by atoms with Crippen LogP contribution in [-0.4, -0.2) is 17.6 Å². The molecular formula is C59H56N4O. The van der Waals surface area contributed by atoms with Crippen molar-refractivity contribution in [3.05, 3.63) is 227 Å². The molecule has 0 spiro atoms. The molecule has 2 unspecified atom stereocenters. The molecule has 2 heterocycles. The van der Waals surface area contributed by atoms with Crippen LogP contribution in [0.3, 0.4) is 0 Å². The molecule has 0 aromatic heterocycles. The van der Waals surface area contributed by atoms with Gasteiger partial charge in [0.05, 0.1) is 23.1 Å². The van der Waals surface area contributed by atoms with Crippen LogP contribution in [-0.2, 0) is 0 Å². The van der Waals surface area contributed by atoms with E-state index >= 15 is 0 Å². The fourth-order valence-corrected chi connectivity index (χ4v) is 9.50. The lowest BCUT2D eigenvalue weighted by Crippen LogP contribution is -2.38. The number of fused-ring (bicyclic) bond motifs is 3. The van der Waals surface area contributed by atoms with Gasteiger partial charge in [-0.25, -0.2) is 4.99 Å². The lowest BCUT2D eigenvalue weighted by Gasteiger charge is -2.44. The third-order valence-corrected chi connectivity index (χ3v) is 12.7. The van der Waals surface area contributed by atoms with E-state index in [0.717, 1.165) is 106 Å². The zero-order chi connectivity index (χ0) is 44.0. The Labute approximate surface area is 379 Å². The largest absolute Gasteiger partial charge is 0.453 e. The molecule has 9 rings (SSSR count). The van der Waals surface area contributed by atoms with E-state index in [-0.39, 0.29) is 17.8 Å². The molecule has 2 aliphatic heterocycles. The summed E-state index contributed by atoms with van der Waals surface area (Å²) < 4.78 is 6.71. The monoisotopic (exact) mass is 836 g/mol. The van der Waals surface area contributed by atoms with E-state index in [2.05, 4.69) is 182 Å². The summed E-state index contributed by atoms with van der Waals surface area (Å²) in [6.45, 7) is 11.5. The number of ether oxygens (including phenoxy) is 1. The van der Waals surface area contributed by atoms with Crippen molar-refractivity contribution in [3.8, 4) is 11.5 Å². The molecule has 2 aliphatic carbocycles. The van der Waals surface area contributed by atoms with E-state index in [1.807, 2.05) is 30.3 Å². The van der Waals surface area contributed by atoms with Gasteiger partial charge in [0, 0.05) is 34.1 Å². The van der Waals surface area contributed by atoms with Crippen LogP contribution in [0.2, 0.25) is 0 Å². The van der Waals surface area contributed by atoms with Gasteiger partial charge in [0.25, 0.3) is 0 Å². The predicted octanol–water partition coefficient (Wildman–Crippen LogP) is 15.8. The first kappa shape index (κ1) is 42.1. The molecule has 1 N–H and O–H groups in total. The van der Waals surface area contributed by atoms with Crippen molar-refractivity contribution in [2.75, 3.05) is 9.80 Å². The van der Waals surface area contributed by atoms with Crippen LogP contribution >= 0.6 is 0 Å². The maximum Gasteiger partial charge on any atom is 0.152 e. The number of anilines is 4. The number of hydrogen-bond acceptors (Lipinski definition) is 4. The van der Waals surface area contributed by atoms with Crippen molar-refractivity contribution in [2.45, 2.75) is 71.3 Å². The molecule has 0 bridgehead atoms. The molecule has 2 atom stereocenters. The van der Waals surface area contributed by atoms with Gasteiger partial charge >= 0.3 is 0 Å². The van der Waals surface area contributed by atoms with Gasteiger partial charge in [-0.2, -0.15) is 0 Å². The van der Waals surface area contributed by atoms with Crippen LogP contribution in [0.1, 0.15) is 91.7 Å². The number of hydrogen-bond donors (Lipinski definition) is 1. The minimum Gasteiger partial charge on any atom is -0.453 e. The summed E-state index contributed by atoms with van der Waals surface area (Å²) in [4.78, 5) is 9.82. The van der Waals surface area contributed by atoms with Crippen LogP contribution in [0.25, 0.3) is 11.6 Å². The number of nitrogens with zero attached hydrogens (tertiary/aromatic N) is 3. The molecule has 5 nitrogen and oxygen atoms in total. The number of amidine groups is 1. The maximum absolute atomic E-state index is 9.33. The molecule has 0 fully saturated rings. The van der Waals surface area contributed by atoms with Crippen LogP contribution in [0.5, 0.6) is 11.5 Å². The van der Waals surface area contributed by atoms with Gasteiger partial charge in [0.15, 0.2) is 17.3 Å². The summed E-state index contributed by atoms with van der Waals surface area (Å²) in [7, 11) is 0. The van der Waals surface area contributed by atoms with Gasteiger partial charge in [-0.05, 0) is 146 Å². The minimum atomic E-state index is -0.0861. The van der Waals surface area contributed by atoms with Gasteiger partial charge < -0.3 is 14.5 Å². The summed E-state index contributed by atoms with van der Waals surface area (Å²) in [5.41, 5.74) is 15.1. The lowest BCUT2D eigenvalue weighted by molar-refractivity contribution is 0.476. The molecule has 318 valence electrons. The first-order valence-electron chi connectivity index (χ1n) is 22.8. The zero-order valence-electron chi connectivity index (χ0n) is 37.2. The van der Waals surface area contributed by atoms with Gasteiger partial charge in [-0.3, -0.25) is 5.41 Å². The second-order valence-electron chi connectivity index (χ2n) is 16.8. The van der Waals surface area contributed by atoms with E-state index in [9.17, 15) is 5.41 Å². The van der Waals surface area contributed by atoms with E-state index in [1.54, 1.807) is 0 Å². The second-order valence-corrected chi connectivity index (χ2v) is 16.8. The Morgan fingerprint density at radius 2 is 1.62 bits per heavy atom. The molecule has 5 heteroatoms. The van der Waals surface area contributed by atoms with Crippen molar-refractivity contribution in [2.24, 2.45) is 4.99 Å². The molecule has 0 saturated heterocycles. The Hall–Kier alpha value is -7.24. The quantitative estimate of drug-likeness (QED) is 0.0866. The van der Waals surface area contributed by atoms with E-state index in [4.69, 9.17) is 16.3 Å². The molecule has 5 aromatic rings. The number of nitrogens with one attached hydrogen (secondary N) is 1. The fraction of sp³-hybridized carbons (Fsp3) is 0.186. The van der Waals surface area contributed by atoms with Crippen LogP contribution in [0, 0.1) is 12.3 Å². The molecular weight excluding hydrogens is 781 g/mol. The lowest BCUT2D eigenvalue weighted by atomic mass is 9.78. The normalized spacial score (nSPS) is 18.1. The topological polar surface area (TPSA) is 51.9 Å². The third kappa shape index (κ3) is 8.46. The van der Waals surface area contributed by atoms with Crippen molar-refractivity contribution in [1.82, 2.24) is 0 Å². The molecule has 0 amide bonds. The van der Waals surface area contributed by atoms with Gasteiger partial charge in [0.2, 0.25) is 0 Å². The Balaban J connectivity index is 1.12. The first-order valence-corrected chi connectivity index (χ1v) is 22.8. The molecule has 64 heavy (non-hydrogen) atoms. The van der Waals surface area contributed by atoms with Crippen LogP contribution in [0.15, 0.2) is 199 Å². The zero-order valence-corrected chi connectivity index (χ0v) is 37.2. The van der Waals surface area contributed by atoms with Crippen molar-refractivity contribution in [1.29, 1.82) is 5.41 Å². The summed E-state index contributed by atoms with van der Waals surface area (Å²) in [5, 5.41) is 9.33. The third-order valence-electron chi connectivity index (χ3n) is 12.7. The summed E-state index contributed by atoms with van der Waals surface area (Å²) in [5.74, 6) is 2.04. The maximum atomic E-state index is 9.33. The SMILES string of the molecule is C=C(c1ccc2c(c1)Oc1ccccc1N2C1=CCC=CC=C1)C1CC(/C=C\C)c2c(ccc(/C=C\CC)c2C)N1c1ccc(C(=N)N=C(C2=CC=CCCC2)c2ccccc2)cc1. The number of rotatable bonds is 10. The van der Waals surface area contributed by atoms with E-state index in [0.29, 0.717) is 0 Å². The Morgan fingerprint density at radius 3 is 2.45 bits per heavy atom. The molecule has 0 saturated carbocycles. The number of allylic oxidation sites excluding steroid dienone is 12. The van der Waals surface area contributed by atoms with E-state index in [1.165, 1.54) is 22.4 Å². The minimum absolute atomic E-state index is 0.0861. The summed E-state index contributed by atoms with van der Waals surface area (Å²) in [6, 6.07) is 38.0. The van der Waals surface area contributed by atoms with Crippen LogP contribution in [0.4, 0.5) is 22.7 Å². The second kappa shape index (κ2) is 19.0. The number of para-hydroxylation sites is 2. The van der Waals surface area contributed by atoms with Crippen molar-refractivity contribution >= 4 is 45.9 Å². The smallest absolute Gasteiger partial charge is 0.152 e. The first-order chi connectivity index (χ1) is 31.4. The highest BCUT2D eigenvalue weighted by Gasteiger charge is 2.37. The fourth-order valence-electron chi connectivity index (χ4n) is 9.50. The highest BCUT2D eigenvalue weighted by Crippen LogP contribution is 2.52. The average molecular weight is 837 g/mol. The van der Waals surface area contributed by atoms with Crippen molar-refractivity contribution in [3.63, 3.8) is 0 Å². The number of benzene rings is 5. The average Bonchev–Trinajstić information content (AvgIpc) is 3.78. The standard InChI is InChI=1S/C59H56N4O/c1-5-7-22-43-33-38-53-57(42(43)4)48(21-6-2)39-54(41(3)47-34-37-52-56(40-47)64-55-30-20-19-29-51(55)62(52)49-27-17-10-11-18-28-49)63(53)50-35-31-46(32-36-50)59(60)61-58(45-25-15-12-16-26-45)44-23-13-8-9-14-24-44/h6-8,10-13,15-17,19-23,25-38,40,48,54,60H,3,5,9,14,18,24,39H2,1-2,4H3/b21-6-,22-7-,60-59?,61-58?. The molecule has 0 radical (unpaired) electrons. The molecule has 5 aromatic carbocycles. The number of aliphatic imine (C=N–C) groups is 1. The summed E-state index contributed by atoms with van der Waals surface area (Å²) in [6.07, 6.45) is 32.1. The van der Waals surface area contributed by atoms with Crippen LogP contribution < -0.4 is 14.5 Å². The molecule has 4 aliphatic rings. The van der Waals surface area contributed by atoms with Gasteiger partial charge in [-0.1, -0.05) is 135 Å². The van der Waals surface area contributed by atoms with Crippen molar-refractivity contribution < 1.29 is 4.74 Å². The highest BCUT2D eigenvalue weighted by molar-refractivity contribution is 6.19. The Bertz CT molecular complexity index is 2830. The predicted molar refractivity (Wildman–Crippen MR) is 271 cm³/mol. The Morgan fingerprint density at radius 1 is 0.844 bits per heavy atom. The van der Waals surface area contributed by atoms with E-state index < -0.39 is 0 Å². The Kier molecular flexibility index (Phi) is 12.5.